The van der Waals surface area contributed by atoms with Gasteiger partial charge in [-0.05, 0) is 32.9 Å². The summed E-state index contributed by atoms with van der Waals surface area (Å²) in [5.74, 6) is 1.60. The molecule has 1 aromatic rings. The highest BCUT2D eigenvalue weighted by Gasteiger charge is 2.27. The monoisotopic (exact) mass is 295 g/mol. The Morgan fingerprint density at radius 1 is 1.24 bits per heavy atom. The van der Waals surface area contributed by atoms with Gasteiger partial charge in [-0.25, -0.2) is 0 Å². The first-order valence-electron chi connectivity index (χ1n) is 7.66. The summed E-state index contributed by atoms with van der Waals surface area (Å²) in [5.41, 5.74) is -0.342. The summed E-state index contributed by atoms with van der Waals surface area (Å²) in [6, 6.07) is 7.97. The van der Waals surface area contributed by atoms with Crippen LogP contribution in [0, 0.1) is 0 Å². The molecule has 4 heteroatoms. The minimum Gasteiger partial charge on any atom is -0.494 e. The maximum Gasteiger partial charge on any atom is 0.123 e. The lowest BCUT2D eigenvalue weighted by molar-refractivity contribution is 0.104. The van der Waals surface area contributed by atoms with Crippen molar-refractivity contribution in [2.45, 2.75) is 58.7 Å². The standard InChI is InChI=1S/C17H29NO3/c1-6-20-15-8-7-9-16(10-15)21-14(4)11-17(5,12-19)18-13(2)3/h7-10,13-14,18-19H,6,11-12H2,1-5H3. The molecule has 2 N–H and O–H groups in total. The molecule has 0 aliphatic rings. The average molecular weight is 295 g/mol. The number of aliphatic hydroxyl groups is 1. The molecule has 21 heavy (non-hydrogen) atoms. The molecule has 0 aliphatic carbocycles. The quantitative estimate of drug-likeness (QED) is 0.735. The van der Waals surface area contributed by atoms with Crippen molar-refractivity contribution >= 4 is 0 Å². The van der Waals surface area contributed by atoms with E-state index >= 15 is 0 Å². The van der Waals surface area contributed by atoms with Crippen molar-refractivity contribution in [3.05, 3.63) is 24.3 Å². The maximum atomic E-state index is 9.63. The smallest absolute Gasteiger partial charge is 0.123 e. The van der Waals surface area contributed by atoms with Gasteiger partial charge >= 0.3 is 0 Å². The van der Waals surface area contributed by atoms with Gasteiger partial charge in [0.1, 0.15) is 11.5 Å². The zero-order chi connectivity index (χ0) is 15.9. The van der Waals surface area contributed by atoms with Crippen LogP contribution in [0.5, 0.6) is 11.5 Å². The highest BCUT2D eigenvalue weighted by atomic mass is 16.5. The fourth-order valence-electron chi connectivity index (χ4n) is 2.58. The van der Waals surface area contributed by atoms with Crippen molar-refractivity contribution in [3.8, 4) is 11.5 Å². The number of aliphatic hydroxyl groups excluding tert-OH is 1. The molecule has 0 amide bonds. The van der Waals surface area contributed by atoms with Gasteiger partial charge in [0.25, 0.3) is 0 Å². The number of hydrogen-bond acceptors (Lipinski definition) is 4. The lowest BCUT2D eigenvalue weighted by Gasteiger charge is -2.33. The van der Waals surface area contributed by atoms with E-state index in [1.807, 2.05) is 45.0 Å². The van der Waals surface area contributed by atoms with Crippen LogP contribution in [0.3, 0.4) is 0 Å². The van der Waals surface area contributed by atoms with E-state index in [1.54, 1.807) is 0 Å². The van der Waals surface area contributed by atoms with Crippen molar-refractivity contribution in [2.75, 3.05) is 13.2 Å². The van der Waals surface area contributed by atoms with Crippen LogP contribution in [0.2, 0.25) is 0 Å². The molecule has 0 aromatic heterocycles. The van der Waals surface area contributed by atoms with Crippen LogP contribution in [0.4, 0.5) is 0 Å². The first kappa shape index (κ1) is 17.8. The third-order valence-electron chi connectivity index (χ3n) is 3.18. The summed E-state index contributed by atoms with van der Waals surface area (Å²) in [6.45, 7) is 10.9. The van der Waals surface area contributed by atoms with Gasteiger partial charge in [-0.15, -0.1) is 0 Å². The van der Waals surface area contributed by atoms with Crippen molar-refractivity contribution in [1.29, 1.82) is 0 Å². The van der Waals surface area contributed by atoms with Gasteiger partial charge in [0, 0.05) is 24.1 Å². The van der Waals surface area contributed by atoms with Gasteiger partial charge in [0.05, 0.1) is 19.3 Å². The first-order chi connectivity index (χ1) is 9.88. The van der Waals surface area contributed by atoms with Crippen molar-refractivity contribution < 1.29 is 14.6 Å². The molecule has 0 fully saturated rings. The Bertz CT molecular complexity index is 422. The second kappa shape index (κ2) is 8.25. The normalized spacial score (nSPS) is 15.6. The third kappa shape index (κ3) is 6.36. The van der Waals surface area contributed by atoms with Crippen molar-refractivity contribution in [3.63, 3.8) is 0 Å². The van der Waals surface area contributed by atoms with E-state index < -0.39 is 0 Å². The maximum absolute atomic E-state index is 9.63. The largest absolute Gasteiger partial charge is 0.494 e. The van der Waals surface area contributed by atoms with Crippen LogP contribution in [0.15, 0.2) is 24.3 Å². The molecule has 1 rings (SSSR count). The van der Waals surface area contributed by atoms with Gasteiger partial charge in [0.2, 0.25) is 0 Å². The molecule has 0 heterocycles. The van der Waals surface area contributed by atoms with Crippen LogP contribution in [0.25, 0.3) is 0 Å². The summed E-state index contributed by atoms with van der Waals surface area (Å²) in [6.07, 6.45) is 0.714. The Morgan fingerprint density at radius 3 is 2.48 bits per heavy atom. The molecule has 0 bridgehead atoms. The summed E-state index contributed by atoms with van der Waals surface area (Å²) in [4.78, 5) is 0. The minimum atomic E-state index is -0.342. The number of ether oxygens (including phenoxy) is 2. The topological polar surface area (TPSA) is 50.7 Å². The number of nitrogens with one attached hydrogen (secondary N) is 1. The molecular weight excluding hydrogens is 266 g/mol. The predicted octanol–water partition coefficient (Wildman–Crippen LogP) is 2.99. The molecule has 2 atom stereocenters. The summed E-state index contributed by atoms with van der Waals surface area (Å²) >= 11 is 0. The van der Waals surface area contributed by atoms with E-state index in [2.05, 4.69) is 19.2 Å². The molecule has 0 saturated carbocycles. The van der Waals surface area contributed by atoms with Gasteiger partial charge in [0.15, 0.2) is 0 Å². The van der Waals surface area contributed by atoms with E-state index in [-0.39, 0.29) is 18.2 Å². The third-order valence-corrected chi connectivity index (χ3v) is 3.18. The predicted molar refractivity (Wildman–Crippen MR) is 86.1 cm³/mol. The van der Waals surface area contributed by atoms with E-state index in [0.29, 0.717) is 12.6 Å². The van der Waals surface area contributed by atoms with E-state index in [1.165, 1.54) is 0 Å². The summed E-state index contributed by atoms with van der Waals surface area (Å²) < 4.78 is 11.4. The van der Waals surface area contributed by atoms with Crippen LogP contribution < -0.4 is 14.8 Å². The van der Waals surface area contributed by atoms with Crippen molar-refractivity contribution in [1.82, 2.24) is 5.32 Å². The lowest BCUT2D eigenvalue weighted by Crippen LogP contribution is -2.51. The Labute approximate surface area is 128 Å². The van der Waals surface area contributed by atoms with Crippen LogP contribution in [-0.4, -0.2) is 36.0 Å². The fraction of sp³-hybridized carbons (Fsp3) is 0.647. The van der Waals surface area contributed by atoms with Gasteiger partial charge in [-0.1, -0.05) is 19.9 Å². The summed E-state index contributed by atoms with van der Waals surface area (Å²) in [5, 5.41) is 13.0. The molecule has 0 radical (unpaired) electrons. The average Bonchev–Trinajstić information content (AvgIpc) is 2.38. The zero-order valence-corrected chi connectivity index (χ0v) is 13.8. The van der Waals surface area contributed by atoms with E-state index in [0.717, 1.165) is 17.9 Å². The number of rotatable bonds is 9. The van der Waals surface area contributed by atoms with Crippen LogP contribution >= 0.6 is 0 Å². The first-order valence-corrected chi connectivity index (χ1v) is 7.66. The number of benzene rings is 1. The lowest BCUT2D eigenvalue weighted by atomic mass is 9.94. The van der Waals surface area contributed by atoms with Crippen molar-refractivity contribution in [2.24, 2.45) is 0 Å². The minimum absolute atomic E-state index is 0.00900. The molecule has 0 aliphatic heterocycles. The van der Waals surface area contributed by atoms with E-state index in [4.69, 9.17) is 9.47 Å². The van der Waals surface area contributed by atoms with E-state index in [9.17, 15) is 5.11 Å². The Kier molecular flexibility index (Phi) is 6.99. The van der Waals surface area contributed by atoms with Gasteiger partial charge in [-0.2, -0.15) is 0 Å². The van der Waals surface area contributed by atoms with Crippen LogP contribution in [-0.2, 0) is 0 Å². The van der Waals surface area contributed by atoms with Gasteiger partial charge in [-0.3, -0.25) is 0 Å². The SMILES string of the molecule is CCOc1cccc(OC(C)CC(C)(CO)NC(C)C)c1. The fourth-order valence-corrected chi connectivity index (χ4v) is 2.58. The summed E-state index contributed by atoms with van der Waals surface area (Å²) in [7, 11) is 0. The number of hydrogen-bond donors (Lipinski definition) is 2. The molecule has 2 unspecified atom stereocenters. The molecule has 120 valence electrons. The molecule has 0 spiro atoms. The molecular formula is C17H29NO3. The highest BCUT2D eigenvalue weighted by Crippen LogP contribution is 2.23. The Balaban J connectivity index is 2.63. The second-order valence-electron chi connectivity index (χ2n) is 6.06. The second-order valence-corrected chi connectivity index (χ2v) is 6.06. The highest BCUT2D eigenvalue weighted by molar-refractivity contribution is 5.33. The van der Waals surface area contributed by atoms with Gasteiger partial charge < -0.3 is 19.9 Å². The molecule has 1 aromatic carbocycles. The Morgan fingerprint density at radius 2 is 1.90 bits per heavy atom. The Hall–Kier alpha value is -1.26. The zero-order valence-electron chi connectivity index (χ0n) is 13.8. The van der Waals surface area contributed by atoms with Crippen LogP contribution in [0.1, 0.15) is 41.0 Å². The molecule has 0 saturated heterocycles. The molecule has 4 nitrogen and oxygen atoms in total.